The average molecular weight is 321 g/mol. The first kappa shape index (κ1) is 16.1. The molecule has 3 N–H and O–H groups in total. The van der Waals surface area contributed by atoms with Crippen molar-refractivity contribution in [2.45, 2.75) is 13.8 Å². The number of nitrogens with two attached hydrogens (primary N) is 1. The third-order valence-corrected chi connectivity index (χ3v) is 4.08. The van der Waals surface area contributed by atoms with Crippen LogP contribution in [0.4, 0.5) is 4.39 Å². The van der Waals surface area contributed by atoms with Gasteiger partial charge in [0.2, 0.25) is 5.91 Å². The van der Waals surface area contributed by atoms with Crippen molar-refractivity contribution >= 4 is 23.2 Å². The summed E-state index contributed by atoms with van der Waals surface area (Å²) >= 11 is 1.29. The molecule has 2 aromatic rings. The summed E-state index contributed by atoms with van der Waals surface area (Å²) in [6.07, 6.45) is 0. The monoisotopic (exact) mass is 321 g/mol. The maximum atomic E-state index is 12.9. The minimum absolute atomic E-state index is 0.130. The molecule has 22 heavy (non-hydrogen) atoms. The summed E-state index contributed by atoms with van der Waals surface area (Å²) in [5, 5.41) is 4.88. The molecule has 0 fully saturated rings. The van der Waals surface area contributed by atoms with Crippen molar-refractivity contribution in [1.29, 1.82) is 0 Å². The zero-order valence-electron chi connectivity index (χ0n) is 12.2. The molecule has 0 atom stereocenters. The third-order valence-electron chi connectivity index (χ3n) is 3.19. The van der Waals surface area contributed by atoms with Crippen molar-refractivity contribution in [3.05, 3.63) is 41.2 Å². The Morgan fingerprint density at radius 3 is 2.55 bits per heavy atom. The van der Waals surface area contributed by atoms with Crippen LogP contribution in [0.1, 0.15) is 24.3 Å². The molecule has 0 unspecified atom stereocenters. The summed E-state index contributed by atoms with van der Waals surface area (Å²) in [5.74, 6) is -1.19. The van der Waals surface area contributed by atoms with Gasteiger partial charge in [0.25, 0.3) is 5.91 Å². The number of aromatic nitrogens is 1. The van der Waals surface area contributed by atoms with Gasteiger partial charge in [-0.15, -0.1) is 11.3 Å². The van der Waals surface area contributed by atoms with Gasteiger partial charge in [-0.25, -0.2) is 9.37 Å². The van der Waals surface area contributed by atoms with E-state index in [1.807, 2.05) is 0 Å². The van der Waals surface area contributed by atoms with Gasteiger partial charge in [0.05, 0.1) is 5.41 Å². The van der Waals surface area contributed by atoms with E-state index in [4.69, 9.17) is 5.73 Å². The fourth-order valence-electron chi connectivity index (χ4n) is 1.58. The lowest BCUT2D eigenvalue weighted by molar-refractivity contribution is -0.125. The van der Waals surface area contributed by atoms with Crippen molar-refractivity contribution in [2.24, 2.45) is 11.1 Å². The molecular weight excluding hydrogens is 305 g/mol. The molecule has 0 aliphatic heterocycles. The molecule has 5 nitrogen and oxygen atoms in total. The Labute approximate surface area is 131 Å². The van der Waals surface area contributed by atoms with Gasteiger partial charge in [0, 0.05) is 17.5 Å². The number of primary amides is 1. The zero-order valence-corrected chi connectivity index (χ0v) is 13.0. The maximum absolute atomic E-state index is 12.9. The van der Waals surface area contributed by atoms with E-state index in [1.165, 1.54) is 23.5 Å². The molecule has 0 spiro atoms. The Balaban J connectivity index is 2.06. The molecule has 2 amide bonds. The highest BCUT2D eigenvalue weighted by molar-refractivity contribution is 7.13. The fourth-order valence-corrected chi connectivity index (χ4v) is 2.39. The Morgan fingerprint density at radius 1 is 1.32 bits per heavy atom. The smallest absolute Gasteiger partial charge is 0.270 e. The summed E-state index contributed by atoms with van der Waals surface area (Å²) in [5.41, 5.74) is 5.42. The number of carbonyl (C=O) groups excluding carboxylic acids is 2. The molecule has 0 saturated heterocycles. The molecule has 0 radical (unpaired) electrons. The third kappa shape index (κ3) is 3.67. The average Bonchev–Trinajstić information content (AvgIpc) is 2.95. The number of nitrogens with zero attached hydrogens (tertiary/aromatic N) is 1. The van der Waals surface area contributed by atoms with Gasteiger partial charge in [-0.1, -0.05) is 0 Å². The lowest BCUT2D eigenvalue weighted by Gasteiger charge is -2.20. The number of nitrogens with one attached hydrogen (secondary N) is 1. The number of hydrogen-bond acceptors (Lipinski definition) is 4. The van der Waals surface area contributed by atoms with Gasteiger partial charge in [-0.05, 0) is 38.1 Å². The Hall–Kier alpha value is -2.28. The highest BCUT2D eigenvalue weighted by Gasteiger charge is 2.26. The van der Waals surface area contributed by atoms with Crippen molar-refractivity contribution in [3.8, 4) is 10.6 Å². The highest BCUT2D eigenvalue weighted by Crippen LogP contribution is 2.24. The summed E-state index contributed by atoms with van der Waals surface area (Å²) in [7, 11) is 0. The molecule has 1 aromatic carbocycles. The predicted octanol–water partition coefficient (Wildman–Crippen LogP) is 2.19. The molecule has 0 aliphatic rings. The van der Waals surface area contributed by atoms with E-state index < -0.39 is 11.3 Å². The Kier molecular flexibility index (Phi) is 4.56. The second-order valence-corrected chi connectivity index (χ2v) is 6.33. The van der Waals surface area contributed by atoms with Crippen LogP contribution in [-0.4, -0.2) is 23.3 Å². The lowest BCUT2D eigenvalue weighted by atomic mass is 9.93. The van der Waals surface area contributed by atoms with Crippen molar-refractivity contribution in [1.82, 2.24) is 10.3 Å². The fraction of sp³-hybridized carbons (Fsp3) is 0.267. The second kappa shape index (κ2) is 6.23. The number of benzene rings is 1. The summed E-state index contributed by atoms with van der Waals surface area (Å²) in [6, 6.07) is 5.88. The molecule has 1 heterocycles. The molecule has 7 heteroatoms. The molecule has 0 bridgehead atoms. The largest absolute Gasteiger partial charge is 0.369 e. The number of thiazole rings is 1. The van der Waals surface area contributed by atoms with Crippen molar-refractivity contribution < 1.29 is 14.0 Å². The van der Waals surface area contributed by atoms with E-state index >= 15 is 0 Å². The van der Waals surface area contributed by atoms with Crippen LogP contribution in [0.3, 0.4) is 0 Å². The number of carbonyl (C=O) groups is 2. The Bertz CT molecular complexity index is 695. The van der Waals surface area contributed by atoms with Crippen LogP contribution >= 0.6 is 11.3 Å². The summed E-state index contributed by atoms with van der Waals surface area (Å²) < 4.78 is 12.9. The minimum Gasteiger partial charge on any atom is -0.369 e. The molecule has 0 aliphatic carbocycles. The van der Waals surface area contributed by atoms with E-state index in [9.17, 15) is 14.0 Å². The van der Waals surface area contributed by atoms with Crippen LogP contribution in [0, 0.1) is 11.2 Å². The highest BCUT2D eigenvalue weighted by atomic mass is 32.1. The molecule has 0 saturated carbocycles. The molecule has 116 valence electrons. The topological polar surface area (TPSA) is 85.1 Å². The van der Waals surface area contributed by atoms with Gasteiger partial charge in [-0.3, -0.25) is 9.59 Å². The van der Waals surface area contributed by atoms with E-state index in [2.05, 4.69) is 10.3 Å². The summed E-state index contributed by atoms with van der Waals surface area (Å²) in [4.78, 5) is 27.5. The first-order valence-electron chi connectivity index (χ1n) is 6.59. The van der Waals surface area contributed by atoms with Crippen LogP contribution in [0.2, 0.25) is 0 Å². The van der Waals surface area contributed by atoms with Crippen LogP contribution in [0.5, 0.6) is 0 Å². The lowest BCUT2D eigenvalue weighted by Crippen LogP contribution is -2.42. The SMILES string of the molecule is CC(C)(CNC(=O)c1csc(-c2ccc(F)cc2)n1)C(N)=O. The molecule has 2 rings (SSSR count). The standard InChI is InChI=1S/C15H16FN3O2S/c1-15(2,14(17)21)8-18-12(20)11-7-22-13(19-11)9-3-5-10(16)6-4-9/h3-7H,8H2,1-2H3,(H2,17,21)(H,18,20). The van der Waals surface area contributed by atoms with E-state index in [-0.39, 0.29) is 24.0 Å². The van der Waals surface area contributed by atoms with Gasteiger partial charge in [-0.2, -0.15) is 0 Å². The number of rotatable bonds is 5. The van der Waals surface area contributed by atoms with Crippen molar-refractivity contribution in [2.75, 3.05) is 6.54 Å². The second-order valence-electron chi connectivity index (χ2n) is 5.48. The van der Waals surface area contributed by atoms with E-state index in [0.29, 0.717) is 5.01 Å². The van der Waals surface area contributed by atoms with Crippen LogP contribution in [0.15, 0.2) is 29.6 Å². The minimum atomic E-state index is -0.828. The van der Waals surface area contributed by atoms with Crippen LogP contribution in [-0.2, 0) is 4.79 Å². The molecular formula is C15H16FN3O2S. The van der Waals surface area contributed by atoms with Gasteiger partial charge in [0.15, 0.2) is 0 Å². The summed E-state index contributed by atoms with van der Waals surface area (Å²) in [6.45, 7) is 3.44. The van der Waals surface area contributed by atoms with E-state index in [0.717, 1.165) is 5.56 Å². The quantitative estimate of drug-likeness (QED) is 0.885. The van der Waals surface area contributed by atoms with Gasteiger partial charge < -0.3 is 11.1 Å². The van der Waals surface area contributed by atoms with E-state index in [1.54, 1.807) is 31.4 Å². The number of amides is 2. The predicted molar refractivity (Wildman–Crippen MR) is 82.8 cm³/mol. The first-order valence-corrected chi connectivity index (χ1v) is 7.47. The van der Waals surface area contributed by atoms with Crippen LogP contribution in [0.25, 0.3) is 10.6 Å². The number of hydrogen-bond donors (Lipinski definition) is 2. The maximum Gasteiger partial charge on any atom is 0.270 e. The van der Waals surface area contributed by atoms with Gasteiger partial charge in [0.1, 0.15) is 16.5 Å². The number of halogens is 1. The normalized spacial score (nSPS) is 11.2. The zero-order chi connectivity index (χ0) is 16.3. The molecule has 1 aromatic heterocycles. The Morgan fingerprint density at radius 2 is 1.95 bits per heavy atom. The van der Waals surface area contributed by atoms with Crippen molar-refractivity contribution in [3.63, 3.8) is 0 Å². The van der Waals surface area contributed by atoms with Crippen LogP contribution < -0.4 is 11.1 Å². The van der Waals surface area contributed by atoms with Gasteiger partial charge >= 0.3 is 0 Å². The first-order chi connectivity index (χ1) is 10.3.